The second kappa shape index (κ2) is 4.42. The Kier molecular flexibility index (Phi) is 2.94. The molecule has 2 aliphatic rings. The first kappa shape index (κ1) is 13.3. The second-order valence-corrected chi connectivity index (χ2v) is 6.53. The standard InChI is InChI=1S/C16H20N2O2/c1-15(2,3)20-14(19)12-8-17-9-16(12)10-18-13-7-5-4-6-11(13)16/h4-7,10,12,17H,8-9H2,1-3H3. The van der Waals surface area contributed by atoms with E-state index in [1.54, 1.807) is 0 Å². The predicted octanol–water partition coefficient (Wildman–Crippen LogP) is 2.20. The van der Waals surface area contributed by atoms with E-state index in [-0.39, 0.29) is 17.3 Å². The number of nitrogens with zero attached hydrogens (tertiary/aromatic N) is 1. The third-order valence-corrected chi connectivity index (χ3v) is 3.92. The zero-order chi connectivity index (χ0) is 14.4. The molecule has 2 heterocycles. The number of carbonyl (C=O) groups excluding carboxylic acids is 1. The molecule has 2 atom stereocenters. The summed E-state index contributed by atoms with van der Waals surface area (Å²) in [7, 11) is 0. The van der Waals surface area contributed by atoms with Crippen molar-refractivity contribution in [1.82, 2.24) is 5.32 Å². The highest BCUT2D eigenvalue weighted by Gasteiger charge is 2.51. The molecule has 4 nitrogen and oxygen atoms in total. The van der Waals surface area contributed by atoms with Gasteiger partial charge in [0, 0.05) is 19.3 Å². The van der Waals surface area contributed by atoms with Gasteiger partial charge in [-0.3, -0.25) is 9.79 Å². The first-order chi connectivity index (χ1) is 9.42. The summed E-state index contributed by atoms with van der Waals surface area (Å²) in [5.74, 6) is -0.361. The molecule has 2 unspecified atom stereocenters. The van der Waals surface area contributed by atoms with Crippen LogP contribution in [0.5, 0.6) is 0 Å². The Morgan fingerprint density at radius 2 is 2.15 bits per heavy atom. The molecule has 0 amide bonds. The summed E-state index contributed by atoms with van der Waals surface area (Å²) >= 11 is 0. The van der Waals surface area contributed by atoms with E-state index in [2.05, 4.69) is 16.4 Å². The maximum absolute atomic E-state index is 12.5. The van der Waals surface area contributed by atoms with Gasteiger partial charge >= 0.3 is 5.97 Å². The van der Waals surface area contributed by atoms with E-state index in [9.17, 15) is 4.79 Å². The minimum Gasteiger partial charge on any atom is -0.460 e. The van der Waals surface area contributed by atoms with E-state index >= 15 is 0 Å². The van der Waals surface area contributed by atoms with Crippen molar-refractivity contribution in [3.8, 4) is 0 Å². The number of benzene rings is 1. The summed E-state index contributed by atoms with van der Waals surface area (Å²) in [6.45, 7) is 7.07. The number of nitrogens with one attached hydrogen (secondary N) is 1. The molecule has 0 aliphatic carbocycles. The van der Waals surface area contributed by atoms with Crippen LogP contribution in [-0.2, 0) is 14.9 Å². The normalized spacial score (nSPS) is 27.9. The van der Waals surface area contributed by atoms with Crippen molar-refractivity contribution in [3.05, 3.63) is 29.8 Å². The molecule has 1 aromatic rings. The number of rotatable bonds is 1. The van der Waals surface area contributed by atoms with Gasteiger partial charge in [-0.1, -0.05) is 18.2 Å². The fourth-order valence-corrected chi connectivity index (χ4v) is 3.05. The molecule has 1 N–H and O–H groups in total. The molecular formula is C16H20N2O2. The molecule has 106 valence electrons. The summed E-state index contributed by atoms with van der Waals surface area (Å²) in [4.78, 5) is 17.0. The lowest BCUT2D eigenvalue weighted by molar-refractivity contribution is -0.160. The van der Waals surface area contributed by atoms with Gasteiger partial charge in [0.2, 0.25) is 0 Å². The van der Waals surface area contributed by atoms with Crippen LogP contribution in [-0.4, -0.2) is 30.9 Å². The van der Waals surface area contributed by atoms with Crippen molar-refractivity contribution in [2.45, 2.75) is 31.8 Å². The van der Waals surface area contributed by atoms with Crippen LogP contribution in [0.25, 0.3) is 0 Å². The quantitative estimate of drug-likeness (QED) is 0.797. The van der Waals surface area contributed by atoms with Crippen LogP contribution in [0.3, 0.4) is 0 Å². The Bertz CT molecular complexity index is 574. The Hall–Kier alpha value is -1.68. The van der Waals surface area contributed by atoms with Gasteiger partial charge in [-0.25, -0.2) is 0 Å². The molecule has 1 spiro atoms. The van der Waals surface area contributed by atoms with Gasteiger partial charge in [0.25, 0.3) is 0 Å². The third-order valence-electron chi connectivity index (χ3n) is 3.92. The smallest absolute Gasteiger partial charge is 0.312 e. The molecule has 20 heavy (non-hydrogen) atoms. The number of carbonyl (C=O) groups is 1. The molecule has 1 fully saturated rings. The van der Waals surface area contributed by atoms with Gasteiger partial charge in [0.05, 0.1) is 17.0 Å². The van der Waals surface area contributed by atoms with E-state index in [1.807, 2.05) is 45.2 Å². The largest absolute Gasteiger partial charge is 0.460 e. The average Bonchev–Trinajstić information content (AvgIpc) is 2.95. The zero-order valence-electron chi connectivity index (χ0n) is 12.1. The van der Waals surface area contributed by atoms with Crippen molar-refractivity contribution in [3.63, 3.8) is 0 Å². The van der Waals surface area contributed by atoms with Gasteiger partial charge in [-0.15, -0.1) is 0 Å². The molecule has 0 radical (unpaired) electrons. The van der Waals surface area contributed by atoms with Crippen molar-refractivity contribution < 1.29 is 9.53 Å². The lowest BCUT2D eigenvalue weighted by Gasteiger charge is -2.30. The highest BCUT2D eigenvalue weighted by molar-refractivity contribution is 5.92. The number of fused-ring (bicyclic) bond motifs is 2. The molecular weight excluding hydrogens is 252 g/mol. The maximum atomic E-state index is 12.5. The monoisotopic (exact) mass is 272 g/mol. The first-order valence-electron chi connectivity index (χ1n) is 7.01. The average molecular weight is 272 g/mol. The molecule has 3 rings (SSSR count). The summed E-state index contributed by atoms with van der Waals surface area (Å²) in [6.07, 6.45) is 1.92. The Morgan fingerprint density at radius 3 is 2.90 bits per heavy atom. The SMILES string of the molecule is CC(C)(C)OC(=O)C1CNCC12C=Nc1ccccc12. The number of para-hydroxylation sites is 1. The number of esters is 1. The molecule has 1 saturated heterocycles. The van der Waals surface area contributed by atoms with Crippen LogP contribution in [0.4, 0.5) is 5.69 Å². The summed E-state index contributed by atoms with van der Waals surface area (Å²) in [5.41, 5.74) is 1.28. The Labute approximate surface area is 119 Å². The van der Waals surface area contributed by atoms with E-state index in [0.717, 1.165) is 17.8 Å². The van der Waals surface area contributed by atoms with Gasteiger partial charge in [-0.2, -0.15) is 0 Å². The summed E-state index contributed by atoms with van der Waals surface area (Å²) < 4.78 is 5.58. The van der Waals surface area contributed by atoms with E-state index in [4.69, 9.17) is 4.74 Å². The molecule has 2 aliphatic heterocycles. The van der Waals surface area contributed by atoms with Crippen LogP contribution >= 0.6 is 0 Å². The van der Waals surface area contributed by atoms with Gasteiger partial charge in [0.1, 0.15) is 5.60 Å². The lowest BCUT2D eigenvalue weighted by Crippen LogP contribution is -2.42. The number of ether oxygens (including phenoxy) is 1. The molecule has 0 bridgehead atoms. The van der Waals surface area contributed by atoms with Crippen molar-refractivity contribution in [1.29, 1.82) is 0 Å². The third kappa shape index (κ3) is 2.04. The minimum absolute atomic E-state index is 0.148. The second-order valence-electron chi connectivity index (χ2n) is 6.53. The summed E-state index contributed by atoms with van der Waals surface area (Å²) in [5, 5.41) is 3.32. The highest BCUT2D eigenvalue weighted by Crippen LogP contribution is 2.44. The predicted molar refractivity (Wildman–Crippen MR) is 78.5 cm³/mol. The van der Waals surface area contributed by atoms with Gasteiger partial charge < -0.3 is 10.1 Å². The van der Waals surface area contributed by atoms with Crippen LogP contribution in [0, 0.1) is 5.92 Å². The fourth-order valence-electron chi connectivity index (χ4n) is 3.05. The van der Waals surface area contributed by atoms with Crippen molar-refractivity contribution >= 4 is 17.9 Å². The maximum Gasteiger partial charge on any atom is 0.312 e. The van der Waals surface area contributed by atoms with Gasteiger partial charge in [-0.05, 0) is 32.4 Å². The Balaban J connectivity index is 1.95. The molecule has 4 heteroatoms. The van der Waals surface area contributed by atoms with Crippen molar-refractivity contribution in [2.24, 2.45) is 10.9 Å². The van der Waals surface area contributed by atoms with E-state index in [1.165, 1.54) is 0 Å². The van der Waals surface area contributed by atoms with E-state index < -0.39 is 5.60 Å². The van der Waals surface area contributed by atoms with Crippen LogP contribution in [0.2, 0.25) is 0 Å². The first-order valence-corrected chi connectivity index (χ1v) is 7.01. The fraction of sp³-hybridized carbons (Fsp3) is 0.500. The van der Waals surface area contributed by atoms with E-state index in [0.29, 0.717) is 6.54 Å². The van der Waals surface area contributed by atoms with Crippen LogP contribution < -0.4 is 5.32 Å². The topological polar surface area (TPSA) is 50.7 Å². The summed E-state index contributed by atoms with van der Waals surface area (Å²) in [6, 6.07) is 8.03. The van der Waals surface area contributed by atoms with Crippen LogP contribution in [0.1, 0.15) is 26.3 Å². The Morgan fingerprint density at radius 1 is 1.40 bits per heavy atom. The number of hydrogen-bond donors (Lipinski definition) is 1. The van der Waals surface area contributed by atoms with Crippen molar-refractivity contribution in [2.75, 3.05) is 13.1 Å². The zero-order valence-corrected chi connectivity index (χ0v) is 12.1. The lowest BCUT2D eigenvalue weighted by atomic mass is 9.74. The molecule has 0 aromatic heterocycles. The minimum atomic E-state index is -0.462. The number of aliphatic imine (C=N–C) groups is 1. The van der Waals surface area contributed by atoms with Crippen LogP contribution in [0.15, 0.2) is 29.3 Å². The number of hydrogen-bond acceptors (Lipinski definition) is 4. The highest BCUT2D eigenvalue weighted by atomic mass is 16.6. The molecule has 1 aromatic carbocycles. The molecule has 0 saturated carbocycles. The van der Waals surface area contributed by atoms with Gasteiger partial charge in [0.15, 0.2) is 0 Å².